The molecule has 0 bridgehead atoms. The van der Waals surface area contributed by atoms with E-state index in [-0.39, 0.29) is 12.6 Å². The molecular formula is C17H26N6O2. The first-order valence-corrected chi connectivity index (χ1v) is 8.34. The molecule has 0 atom stereocenters. The third kappa shape index (κ3) is 5.46. The second-order valence-electron chi connectivity index (χ2n) is 5.87. The summed E-state index contributed by atoms with van der Waals surface area (Å²) in [6.45, 7) is 7.97. The van der Waals surface area contributed by atoms with Crippen LogP contribution in [0.1, 0.15) is 32.4 Å². The number of rotatable bonds is 8. The number of carbonyl (C=O) groups is 1. The highest BCUT2D eigenvalue weighted by atomic mass is 16.5. The summed E-state index contributed by atoms with van der Waals surface area (Å²) in [6, 6.07) is 7.93. The van der Waals surface area contributed by atoms with Gasteiger partial charge in [0.05, 0.1) is 6.54 Å². The van der Waals surface area contributed by atoms with Crippen molar-refractivity contribution in [1.82, 2.24) is 20.5 Å². The van der Waals surface area contributed by atoms with Gasteiger partial charge in [0.15, 0.2) is 5.82 Å². The maximum atomic E-state index is 12.0. The number of hydrogen-bond acceptors (Lipinski definition) is 5. The van der Waals surface area contributed by atoms with Crippen LogP contribution in [0.15, 0.2) is 24.3 Å². The molecule has 1 heterocycles. The summed E-state index contributed by atoms with van der Waals surface area (Å²) in [4.78, 5) is 18.5. The zero-order chi connectivity index (χ0) is 18.2. The summed E-state index contributed by atoms with van der Waals surface area (Å²) < 4.78 is 4.95. The van der Waals surface area contributed by atoms with Crippen molar-refractivity contribution in [3.8, 4) is 0 Å². The highest BCUT2D eigenvalue weighted by molar-refractivity contribution is 5.89. The van der Waals surface area contributed by atoms with Gasteiger partial charge in [0.25, 0.3) is 0 Å². The number of aromatic amines is 1. The molecule has 8 heteroatoms. The quantitative estimate of drug-likeness (QED) is 0.683. The summed E-state index contributed by atoms with van der Waals surface area (Å²) in [5.74, 6) is 1.13. The fourth-order valence-corrected chi connectivity index (χ4v) is 2.53. The number of nitrogens with one attached hydrogen (secondary N) is 3. The predicted octanol–water partition coefficient (Wildman–Crippen LogP) is 2.51. The topological polar surface area (TPSA) is 95.2 Å². The van der Waals surface area contributed by atoms with Gasteiger partial charge in [-0.2, -0.15) is 5.10 Å². The summed E-state index contributed by atoms with van der Waals surface area (Å²) in [5, 5.41) is 12.3. The maximum Gasteiger partial charge on any atom is 0.319 e. The number of amides is 2. The van der Waals surface area contributed by atoms with Crippen LogP contribution in [0.3, 0.4) is 0 Å². The molecule has 0 aliphatic carbocycles. The first-order valence-electron chi connectivity index (χ1n) is 8.34. The fraction of sp³-hybridized carbons (Fsp3) is 0.471. The van der Waals surface area contributed by atoms with Crippen molar-refractivity contribution in [2.45, 2.75) is 40.0 Å². The molecule has 0 aliphatic rings. The van der Waals surface area contributed by atoms with Gasteiger partial charge in [-0.05, 0) is 45.0 Å². The van der Waals surface area contributed by atoms with E-state index >= 15 is 0 Å². The maximum absolute atomic E-state index is 12.0. The lowest BCUT2D eigenvalue weighted by molar-refractivity contribution is 0.178. The molecule has 0 saturated heterocycles. The van der Waals surface area contributed by atoms with E-state index in [1.165, 1.54) is 0 Å². The van der Waals surface area contributed by atoms with E-state index in [4.69, 9.17) is 4.74 Å². The average molecular weight is 346 g/mol. The van der Waals surface area contributed by atoms with E-state index in [0.717, 1.165) is 17.9 Å². The van der Waals surface area contributed by atoms with Gasteiger partial charge in [-0.25, -0.2) is 9.78 Å². The summed E-state index contributed by atoms with van der Waals surface area (Å²) in [5.41, 5.74) is 1.87. The van der Waals surface area contributed by atoms with Crippen LogP contribution in [0.4, 0.5) is 16.2 Å². The summed E-state index contributed by atoms with van der Waals surface area (Å²) in [7, 11) is 1.58. The van der Waals surface area contributed by atoms with E-state index in [9.17, 15) is 4.79 Å². The molecule has 136 valence electrons. The second kappa shape index (κ2) is 9.03. The molecule has 0 radical (unpaired) electrons. The normalized spacial score (nSPS) is 10.8. The molecule has 0 unspecified atom stereocenters. The van der Waals surface area contributed by atoms with Gasteiger partial charge in [-0.3, -0.25) is 5.10 Å². The lowest BCUT2D eigenvalue weighted by atomic mass is 10.2. The Labute approximate surface area is 148 Å². The number of H-pyrrole nitrogens is 1. The summed E-state index contributed by atoms with van der Waals surface area (Å²) in [6.07, 6.45) is 0. The molecule has 0 saturated carbocycles. The SMILES string of the molecule is CCN(c1ccc(NC(=O)NCc2nc(COC)n[nH]2)cc1)C(C)C. The number of hydrogen-bond donors (Lipinski definition) is 3. The molecule has 3 N–H and O–H groups in total. The van der Waals surface area contributed by atoms with Crippen LogP contribution in [-0.4, -0.2) is 40.9 Å². The van der Waals surface area contributed by atoms with Crippen molar-refractivity contribution in [3.05, 3.63) is 35.9 Å². The van der Waals surface area contributed by atoms with Crippen LogP contribution in [-0.2, 0) is 17.9 Å². The lowest BCUT2D eigenvalue weighted by Gasteiger charge is -2.27. The zero-order valence-electron chi connectivity index (χ0n) is 15.2. The number of ether oxygens (including phenoxy) is 1. The largest absolute Gasteiger partial charge is 0.377 e. The Bertz CT molecular complexity index is 668. The van der Waals surface area contributed by atoms with E-state index in [0.29, 0.717) is 24.3 Å². The number of urea groups is 1. The van der Waals surface area contributed by atoms with Gasteiger partial charge < -0.3 is 20.3 Å². The average Bonchev–Trinajstić information content (AvgIpc) is 3.03. The molecule has 0 aliphatic heterocycles. The van der Waals surface area contributed by atoms with E-state index in [1.54, 1.807) is 7.11 Å². The molecule has 8 nitrogen and oxygen atoms in total. The number of anilines is 2. The minimum Gasteiger partial charge on any atom is -0.377 e. The smallest absolute Gasteiger partial charge is 0.319 e. The molecule has 1 aromatic carbocycles. The number of carbonyl (C=O) groups excluding carboxylic acids is 1. The zero-order valence-corrected chi connectivity index (χ0v) is 15.2. The molecule has 25 heavy (non-hydrogen) atoms. The van der Waals surface area contributed by atoms with Crippen LogP contribution < -0.4 is 15.5 Å². The van der Waals surface area contributed by atoms with Gasteiger partial charge in [-0.1, -0.05) is 0 Å². The fourth-order valence-electron chi connectivity index (χ4n) is 2.53. The first kappa shape index (κ1) is 18.7. The van der Waals surface area contributed by atoms with Crippen molar-refractivity contribution in [1.29, 1.82) is 0 Å². The molecule has 2 rings (SSSR count). The Morgan fingerprint density at radius 1 is 1.32 bits per heavy atom. The first-order chi connectivity index (χ1) is 12.0. The molecule has 2 amide bonds. The molecule has 0 fully saturated rings. The van der Waals surface area contributed by atoms with Gasteiger partial charge in [0, 0.05) is 31.1 Å². The molecule has 2 aromatic rings. The van der Waals surface area contributed by atoms with Gasteiger partial charge >= 0.3 is 6.03 Å². The number of nitrogens with zero attached hydrogens (tertiary/aromatic N) is 3. The van der Waals surface area contributed by atoms with E-state index in [2.05, 4.69) is 51.5 Å². The number of aromatic nitrogens is 3. The lowest BCUT2D eigenvalue weighted by Crippen LogP contribution is -2.30. The van der Waals surface area contributed by atoms with Crippen LogP contribution in [0.25, 0.3) is 0 Å². The number of benzene rings is 1. The Morgan fingerprint density at radius 3 is 2.64 bits per heavy atom. The van der Waals surface area contributed by atoms with Gasteiger partial charge in [0.1, 0.15) is 12.4 Å². The monoisotopic (exact) mass is 346 g/mol. The van der Waals surface area contributed by atoms with Gasteiger partial charge in [-0.15, -0.1) is 0 Å². The van der Waals surface area contributed by atoms with Crippen molar-refractivity contribution in [2.24, 2.45) is 0 Å². The minimum absolute atomic E-state index is 0.262. The standard InChI is InChI=1S/C17H26N6O2/c1-5-23(12(2)3)14-8-6-13(7-9-14)19-17(24)18-10-15-20-16(11-25-4)22-21-15/h6-9,12H,5,10-11H2,1-4H3,(H2,18,19,24)(H,20,21,22). The van der Waals surface area contributed by atoms with E-state index in [1.807, 2.05) is 24.3 Å². The highest BCUT2D eigenvalue weighted by Crippen LogP contribution is 2.19. The van der Waals surface area contributed by atoms with Crippen LogP contribution >= 0.6 is 0 Å². The van der Waals surface area contributed by atoms with Crippen molar-refractivity contribution in [2.75, 3.05) is 23.9 Å². The molecule has 1 aromatic heterocycles. The van der Waals surface area contributed by atoms with Crippen LogP contribution in [0.2, 0.25) is 0 Å². The van der Waals surface area contributed by atoms with Crippen molar-refractivity contribution in [3.63, 3.8) is 0 Å². The van der Waals surface area contributed by atoms with Crippen molar-refractivity contribution < 1.29 is 9.53 Å². The molecule has 0 spiro atoms. The highest BCUT2D eigenvalue weighted by Gasteiger charge is 2.09. The Kier molecular flexibility index (Phi) is 6.76. The second-order valence-corrected chi connectivity index (χ2v) is 5.87. The van der Waals surface area contributed by atoms with E-state index < -0.39 is 0 Å². The Morgan fingerprint density at radius 2 is 2.04 bits per heavy atom. The van der Waals surface area contributed by atoms with Crippen LogP contribution in [0.5, 0.6) is 0 Å². The Balaban J connectivity index is 1.85. The number of methoxy groups -OCH3 is 1. The Hall–Kier alpha value is -2.61. The van der Waals surface area contributed by atoms with Gasteiger partial charge in [0.2, 0.25) is 0 Å². The predicted molar refractivity (Wildman–Crippen MR) is 97.6 cm³/mol. The molecular weight excluding hydrogens is 320 g/mol. The summed E-state index contributed by atoms with van der Waals surface area (Å²) >= 11 is 0. The third-order valence-corrected chi connectivity index (χ3v) is 3.69. The van der Waals surface area contributed by atoms with Crippen molar-refractivity contribution >= 4 is 17.4 Å². The van der Waals surface area contributed by atoms with Crippen LogP contribution in [0, 0.1) is 0 Å². The minimum atomic E-state index is -0.298. The third-order valence-electron chi connectivity index (χ3n) is 3.69.